The highest BCUT2D eigenvalue weighted by molar-refractivity contribution is 9.10. The van der Waals surface area contributed by atoms with Gasteiger partial charge in [-0.15, -0.1) is 0 Å². The standard InChI is InChI=1S/C23H22BrNO3/c24-20-11-9-18(10-12-20)16-25(14-13-23(26)27)17-19-5-4-8-22(15-19)28-21-6-2-1-3-7-21/h1-12,15H,13-14,16-17H2,(H,26,27). The summed E-state index contributed by atoms with van der Waals surface area (Å²) >= 11 is 3.45. The average Bonchev–Trinajstić information content (AvgIpc) is 2.69. The Morgan fingerprint density at radius 1 is 0.857 bits per heavy atom. The molecule has 0 atom stereocenters. The van der Waals surface area contributed by atoms with Gasteiger partial charge in [-0.1, -0.05) is 58.4 Å². The van der Waals surface area contributed by atoms with Crippen molar-refractivity contribution in [1.82, 2.24) is 4.90 Å². The van der Waals surface area contributed by atoms with Gasteiger partial charge < -0.3 is 9.84 Å². The van der Waals surface area contributed by atoms with Crippen molar-refractivity contribution >= 4 is 21.9 Å². The van der Waals surface area contributed by atoms with E-state index >= 15 is 0 Å². The molecule has 0 aliphatic heterocycles. The molecule has 0 amide bonds. The molecule has 0 aliphatic carbocycles. The molecule has 0 aliphatic rings. The van der Waals surface area contributed by atoms with E-state index in [1.54, 1.807) is 0 Å². The van der Waals surface area contributed by atoms with Gasteiger partial charge in [0.2, 0.25) is 0 Å². The molecule has 0 bridgehead atoms. The fourth-order valence-electron chi connectivity index (χ4n) is 2.91. The van der Waals surface area contributed by atoms with Crippen molar-refractivity contribution in [3.05, 3.63) is 94.5 Å². The topological polar surface area (TPSA) is 49.8 Å². The van der Waals surface area contributed by atoms with E-state index in [1.165, 1.54) is 0 Å². The second-order valence-electron chi connectivity index (χ2n) is 6.54. The van der Waals surface area contributed by atoms with Crippen LogP contribution >= 0.6 is 15.9 Å². The van der Waals surface area contributed by atoms with Crippen molar-refractivity contribution in [3.63, 3.8) is 0 Å². The first kappa shape index (κ1) is 20.1. The van der Waals surface area contributed by atoms with Crippen molar-refractivity contribution in [2.24, 2.45) is 0 Å². The van der Waals surface area contributed by atoms with Crippen LogP contribution in [-0.2, 0) is 17.9 Å². The SMILES string of the molecule is O=C(O)CCN(Cc1ccc(Br)cc1)Cc1cccc(Oc2ccccc2)c1. The van der Waals surface area contributed by atoms with Crippen LogP contribution in [0, 0.1) is 0 Å². The molecule has 0 saturated heterocycles. The third-order valence-electron chi connectivity index (χ3n) is 4.24. The third kappa shape index (κ3) is 6.51. The number of carboxylic acid groups (broad SMARTS) is 1. The van der Waals surface area contributed by atoms with E-state index < -0.39 is 5.97 Å². The predicted octanol–water partition coefficient (Wildman–Crippen LogP) is 5.72. The molecule has 3 aromatic carbocycles. The summed E-state index contributed by atoms with van der Waals surface area (Å²) in [7, 11) is 0. The molecule has 3 rings (SSSR count). The van der Waals surface area contributed by atoms with Crippen molar-refractivity contribution in [3.8, 4) is 11.5 Å². The lowest BCUT2D eigenvalue weighted by molar-refractivity contribution is -0.137. The summed E-state index contributed by atoms with van der Waals surface area (Å²) in [4.78, 5) is 13.2. The number of carboxylic acids is 1. The van der Waals surface area contributed by atoms with E-state index in [0.717, 1.165) is 27.1 Å². The van der Waals surface area contributed by atoms with Crippen LogP contribution in [-0.4, -0.2) is 22.5 Å². The maximum Gasteiger partial charge on any atom is 0.304 e. The zero-order chi connectivity index (χ0) is 19.8. The van der Waals surface area contributed by atoms with Gasteiger partial charge in [0.15, 0.2) is 0 Å². The van der Waals surface area contributed by atoms with Crippen molar-refractivity contribution < 1.29 is 14.6 Å². The first-order valence-corrected chi connectivity index (χ1v) is 9.88. The smallest absolute Gasteiger partial charge is 0.304 e. The Hall–Kier alpha value is -2.63. The highest BCUT2D eigenvalue weighted by Gasteiger charge is 2.10. The quantitative estimate of drug-likeness (QED) is 0.463. The monoisotopic (exact) mass is 439 g/mol. The lowest BCUT2D eigenvalue weighted by Gasteiger charge is -2.22. The van der Waals surface area contributed by atoms with Crippen LogP contribution in [0.15, 0.2) is 83.3 Å². The van der Waals surface area contributed by atoms with Crippen molar-refractivity contribution in [2.45, 2.75) is 19.5 Å². The first-order valence-electron chi connectivity index (χ1n) is 9.09. The van der Waals surface area contributed by atoms with Gasteiger partial charge in [-0.3, -0.25) is 9.69 Å². The van der Waals surface area contributed by atoms with E-state index in [2.05, 4.69) is 20.8 Å². The Kier molecular flexibility index (Phi) is 7.23. The normalized spacial score (nSPS) is 10.8. The van der Waals surface area contributed by atoms with Crippen LogP contribution in [0.4, 0.5) is 0 Å². The lowest BCUT2D eigenvalue weighted by atomic mass is 10.1. The molecule has 0 heterocycles. The second-order valence-corrected chi connectivity index (χ2v) is 7.46. The molecule has 3 aromatic rings. The van der Waals surface area contributed by atoms with E-state index in [1.807, 2.05) is 78.9 Å². The maximum atomic E-state index is 11.1. The van der Waals surface area contributed by atoms with Gasteiger partial charge in [0.05, 0.1) is 6.42 Å². The Labute approximate surface area is 173 Å². The van der Waals surface area contributed by atoms with Gasteiger partial charge in [-0.05, 0) is 47.5 Å². The van der Waals surface area contributed by atoms with Gasteiger partial charge in [0.1, 0.15) is 11.5 Å². The summed E-state index contributed by atoms with van der Waals surface area (Å²) in [6, 6.07) is 25.7. The molecule has 0 aromatic heterocycles. The Bertz CT molecular complexity index is 897. The van der Waals surface area contributed by atoms with E-state index in [-0.39, 0.29) is 6.42 Å². The number of benzene rings is 3. The third-order valence-corrected chi connectivity index (χ3v) is 4.77. The first-order chi connectivity index (χ1) is 13.6. The molecule has 0 unspecified atom stereocenters. The molecule has 28 heavy (non-hydrogen) atoms. The molecule has 4 nitrogen and oxygen atoms in total. The predicted molar refractivity (Wildman–Crippen MR) is 113 cm³/mol. The highest BCUT2D eigenvalue weighted by atomic mass is 79.9. The number of hydrogen-bond donors (Lipinski definition) is 1. The molecule has 5 heteroatoms. The van der Waals surface area contributed by atoms with Gasteiger partial charge in [0, 0.05) is 24.1 Å². The summed E-state index contributed by atoms with van der Waals surface area (Å²) in [5, 5.41) is 9.09. The molecular formula is C23H22BrNO3. The summed E-state index contributed by atoms with van der Waals surface area (Å²) in [6.45, 7) is 1.81. The lowest BCUT2D eigenvalue weighted by Crippen LogP contribution is -2.25. The fourth-order valence-corrected chi connectivity index (χ4v) is 3.17. The Morgan fingerprint density at radius 3 is 2.25 bits per heavy atom. The number of carbonyl (C=O) groups is 1. The number of halogens is 1. The minimum Gasteiger partial charge on any atom is -0.481 e. The van der Waals surface area contributed by atoms with Crippen LogP contribution in [0.3, 0.4) is 0 Å². The highest BCUT2D eigenvalue weighted by Crippen LogP contribution is 2.23. The van der Waals surface area contributed by atoms with Crippen LogP contribution in [0.2, 0.25) is 0 Å². The minimum atomic E-state index is -0.790. The van der Waals surface area contributed by atoms with E-state index in [0.29, 0.717) is 19.6 Å². The van der Waals surface area contributed by atoms with Crippen LogP contribution < -0.4 is 4.74 Å². The summed E-state index contributed by atoms with van der Waals surface area (Å²) in [5.74, 6) is 0.768. The Morgan fingerprint density at radius 2 is 1.54 bits per heavy atom. The number of nitrogens with zero attached hydrogens (tertiary/aromatic N) is 1. The summed E-state index contributed by atoms with van der Waals surface area (Å²) in [6.07, 6.45) is 0.108. The molecule has 0 fully saturated rings. The van der Waals surface area contributed by atoms with Gasteiger partial charge in [0.25, 0.3) is 0 Å². The number of rotatable bonds is 9. The molecule has 1 N–H and O–H groups in total. The van der Waals surface area contributed by atoms with Gasteiger partial charge in [-0.25, -0.2) is 0 Å². The van der Waals surface area contributed by atoms with Crippen LogP contribution in [0.25, 0.3) is 0 Å². The van der Waals surface area contributed by atoms with E-state index in [9.17, 15) is 4.79 Å². The zero-order valence-electron chi connectivity index (χ0n) is 15.4. The van der Waals surface area contributed by atoms with Crippen LogP contribution in [0.1, 0.15) is 17.5 Å². The molecule has 0 saturated carbocycles. The van der Waals surface area contributed by atoms with Crippen LogP contribution in [0.5, 0.6) is 11.5 Å². The zero-order valence-corrected chi connectivity index (χ0v) is 17.0. The van der Waals surface area contributed by atoms with Crippen molar-refractivity contribution in [2.75, 3.05) is 6.54 Å². The largest absolute Gasteiger partial charge is 0.481 e. The average molecular weight is 440 g/mol. The number of ether oxygens (including phenoxy) is 1. The maximum absolute atomic E-state index is 11.1. The fraction of sp³-hybridized carbons (Fsp3) is 0.174. The number of aliphatic carboxylic acids is 1. The van der Waals surface area contributed by atoms with Gasteiger partial charge >= 0.3 is 5.97 Å². The molecule has 0 radical (unpaired) electrons. The molecule has 0 spiro atoms. The second kappa shape index (κ2) is 10.1. The molecule has 144 valence electrons. The number of para-hydroxylation sites is 1. The summed E-state index contributed by atoms with van der Waals surface area (Å²) in [5.41, 5.74) is 2.22. The van der Waals surface area contributed by atoms with Crippen molar-refractivity contribution in [1.29, 1.82) is 0 Å². The van der Waals surface area contributed by atoms with Gasteiger partial charge in [-0.2, -0.15) is 0 Å². The van der Waals surface area contributed by atoms with E-state index in [4.69, 9.17) is 9.84 Å². The Balaban J connectivity index is 1.71. The molecular weight excluding hydrogens is 418 g/mol. The minimum absolute atomic E-state index is 0.108. The number of hydrogen-bond acceptors (Lipinski definition) is 3. The summed E-state index contributed by atoms with van der Waals surface area (Å²) < 4.78 is 6.94.